The Morgan fingerprint density at radius 1 is 1.13 bits per heavy atom. The SMILES string of the molecule is CCC(Nc1ncnc2c(F)cccc12)c1ccc(OC)cc1. The van der Waals surface area contributed by atoms with E-state index in [1.54, 1.807) is 13.2 Å². The molecule has 0 saturated heterocycles. The van der Waals surface area contributed by atoms with Crippen molar-refractivity contribution in [2.45, 2.75) is 19.4 Å². The van der Waals surface area contributed by atoms with Crippen molar-refractivity contribution in [3.63, 3.8) is 0 Å². The van der Waals surface area contributed by atoms with Gasteiger partial charge in [0.05, 0.1) is 13.2 Å². The Hall–Kier alpha value is -2.69. The van der Waals surface area contributed by atoms with E-state index >= 15 is 0 Å². The van der Waals surface area contributed by atoms with Crippen LogP contribution in [-0.2, 0) is 0 Å². The number of nitrogens with one attached hydrogen (secondary N) is 1. The van der Waals surface area contributed by atoms with E-state index in [1.807, 2.05) is 30.3 Å². The van der Waals surface area contributed by atoms with Crippen molar-refractivity contribution in [3.05, 3.63) is 60.2 Å². The van der Waals surface area contributed by atoms with Gasteiger partial charge in [-0.05, 0) is 36.2 Å². The normalized spacial score (nSPS) is 12.1. The summed E-state index contributed by atoms with van der Waals surface area (Å²) < 4.78 is 19.0. The van der Waals surface area contributed by atoms with Crippen molar-refractivity contribution in [3.8, 4) is 5.75 Å². The van der Waals surface area contributed by atoms with Crippen LogP contribution in [0.5, 0.6) is 5.75 Å². The average molecular weight is 311 g/mol. The third kappa shape index (κ3) is 3.08. The van der Waals surface area contributed by atoms with Gasteiger partial charge in [0.25, 0.3) is 0 Å². The fourth-order valence-corrected chi connectivity index (χ4v) is 2.59. The number of halogens is 1. The molecule has 5 heteroatoms. The number of aromatic nitrogens is 2. The number of hydrogen-bond donors (Lipinski definition) is 1. The van der Waals surface area contributed by atoms with Crippen molar-refractivity contribution >= 4 is 16.7 Å². The summed E-state index contributed by atoms with van der Waals surface area (Å²) in [5.74, 6) is 1.11. The predicted octanol–water partition coefficient (Wildman–Crippen LogP) is 4.34. The van der Waals surface area contributed by atoms with Gasteiger partial charge in [-0.25, -0.2) is 14.4 Å². The number of fused-ring (bicyclic) bond motifs is 1. The maximum Gasteiger partial charge on any atom is 0.149 e. The van der Waals surface area contributed by atoms with E-state index < -0.39 is 0 Å². The standard InChI is InChI=1S/C18H18FN3O/c1-3-16(12-7-9-13(23-2)10-8-12)22-18-14-5-4-6-15(19)17(14)20-11-21-18/h4-11,16H,3H2,1-2H3,(H,20,21,22). The number of para-hydroxylation sites is 1. The third-order valence-electron chi connectivity index (χ3n) is 3.85. The van der Waals surface area contributed by atoms with Crippen LogP contribution < -0.4 is 10.1 Å². The molecule has 1 atom stereocenters. The number of hydrogen-bond acceptors (Lipinski definition) is 4. The zero-order chi connectivity index (χ0) is 16.2. The summed E-state index contributed by atoms with van der Waals surface area (Å²) in [5, 5.41) is 4.07. The lowest BCUT2D eigenvalue weighted by atomic mass is 10.0. The van der Waals surface area contributed by atoms with Crippen LogP contribution in [0.25, 0.3) is 10.9 Å². The number of ether oxygens (including phenoxy) is 1. The van der Waals surface area contributed by atoms with Gasteiger partial charge in [0.2, 0.25) is 0 Å². The minimum atomic E-state index is -0.342. The van der Waals surface area contributed by atoms with E-state index in [0.29, 0.717) is 16.7 Å². The highest BCUT2D eigenvalue weighted by Crippen LogP contribution is 2.27. The fraction of sp³-hybridized carbons (Fsp3) is 0.222. The molecule has 1 heterocycles. The first kappa shape index (κ1) is 15.2. The number of nitrogens with zero attached hydrogens (tertiary/aromatic N) is 2. The second kappa shape index (κ2) is 6.60. The summed E-state index contributed by atoms with van der Waals surface area (Å²) in [6.07, 6.45) is 2.25. The molecule has 1 aromatic heterocycles. The zero-order valence-corrected chi connectivity index (χ0v) is 13.1. The molecule has 3 rings (SSSR count). The first-order valence-electron chi connectivity index (χ1n) is 7.52. The molecule has 2 aromatic carbocycles. The topological polar surface area (TPSA) is 47.0 Å². The Morgan fingerprint density at radius 2 is 1.91 bits per heavy atom. The highest BCUT2D eigenvalue weighted by molar-refractivity contribution is 5.89. The average Bonchev–Trinajstić information content (AvgIpc) is 2.60. The van der Waals surface area contributed by atoms with Crippen LogP contribution in [-0.4, -0.2) is 17.1 Å². The second-order valence-electron chi connectivity index (χ2n) is 5.24. The molecule has 3 aromatic rings. The van der Waals surface area contributed by atoms with E-state index in [-0.39, 0.29) is 11.9 Å². The fourth-order valence-electron chi connectivity index (χ4n) is 2.59. The van der Waals surface area contributed by atoms with Gasteiger partial charge in [-0.3, -0.25) is 0 Å². The molecule has 0 aliphatic carbocycles. The highest BCUT2D eigenvalue weighted by atomic mass is 19.1. The molecule has 118 valence electrons. The van der Waals surface area contributed by atoms with Crippen LogP contribution in [0.2, 0.25) is 0 Å². The minimum absolute atomic E-state index is 0.0715. The second-order valence-corrected chi connectivity index (χ2v) is 5.24. The van der Waals surface area contributed by atoms with Crippen LogP contribution >= 0.6 is 0 Å². The van der Waals surface area contributed by atoms with Crippen LogP contribution in [0.1, 0.15) is 24.9 Å². The van der Waals surface area contributed by atoms with E-state index in [0.717, 1.165) is 17.7 Å². The summed E-state index contributed by atoms with van der Waals surface area (Å²) in [4.78, 5) is 8.31. The largest absolute Gasteiger partial charge is 0.497 e. The van der Waals surface area contributed by atoms with Gasteiger partial charge < -0.3 is 10.1 Å². The predicted molar refractivity (Wildman–Crippen MR) is 89.1 cm³/mol. The Morgan fingerprint density at radius 3 is 2.61 bits per heavy atom. The first-order valence-corrected chi connectivity index (χ1v) is 7.52. The molecular weight excluding hydrogens is 293 g/mol. The Balaban J connectivity index is 1.94. The lowest BCUT2D eigenvalue weighted by molar-refractivity contribution is 0.414. The number of rotatable bonds is 5. The maximum absolute atomic E-state index is 13.9. The quantitative estimate of drug-likeness (QED) is 0.761. The Labute approximate surface area is 134 Å². The van der Waals surface area contributed by atoms with Gasteiger partial charge in [0.15, 0.2) is 0 Å². The van der Waals surface area contributed by atoms with Crippen LogP contribution in [0, 0.1) is 5.82 Å². The third-order valence-corrected chi connectivity index (χ3v) is 3.85. The molecule has 0 saturated carbocycles. The molecule has 1 N–H and O–H groups in total. The smallest absolute Gasteiger partial charge is 0.149 e. The van der Waals surface area contributed by atoms with Crippen molar-refractivity contribution in [2.24, 2.45) is 0 Å². The summed E-state index contributed by atoms with van der Waals surface area (Å²) >= 11 is 0. The summed E-state index contributed by atoms with van der Waals surface area (Å²) in [7, 11) is 1.64. The molecular formula is C18H18FN3O. The monoisotopic (exact) mass is 311 g/mol. The molecule has 0 spiro atoms. The van der Waals surface area contributed by atoms with E-state index in [9.17, 15) is 4.39 Å². The van der Waals surface area contributed by atoms with Gasteiger partial charge >= 0.3 is 0 Å². The lowest BCUT2D eigenvalue weighted by Gasteiger charge is -2.19. The molecule has 0 bridgehead atoms. The van der Waals surface area contributed by atoms with Crippen LogP contribution in [0.15, 0.2) is 48.8 Å². The molecule has 0 amide bonds. The van der Waals surface area contributed by atoms with Gasteiger partial charge in [0.1, 0.15) is 29.2 Å². The van der Waals surface area contributed by atoms with Crippen molar-refractivity contribution in [1.82, 2.24) is 9.97 Å². The molecule has 0 fully saturated rings. The maximum atomic E-state index is 13.9. The summed E-state index contributed by atoms with van der Waals surface area (Å²) in [5.41, 5.74) is 1.45. The molecule has 0 aliphatic heterocycles. The highest BCUT2D eigenvalue weighted by Gasteiger charge is 2.13. The van der Waals surface area contributed by atoms with Crippen molar-refractivity contribution in [2.75, 3.05) is 12.4 Å². The summed E-state index contributed by atoms with van der Waals surface area (Å²) in [6.45, 7) is 2.09. The molecule has 23 heavy (non-hydrogen) atoms. The number of anilines is 1. The van der Waals surface area contributed by atoms with Gasteiger partial charge in [-0.2, -0.15) is 0 Å². The Bertz CT molecular complexity index is 805. The lowest BCUT2D eigenvalue weighted by Crippen LogP contribution is -2.11. The van der Waals surface area contributed by atoms with Crippen molar-refractivity contribution < 1.29 is 9.13 Å². The number of methoxy groups -OCH3 is 1. The molecule has 1 unspecified atom stereocenters. The van der Waals surface area contributed by atoms with Crippen molar-refractivity contribution in [1.29, 1.82) is 0 Å². The Kier molecular flexibility index (Phi) is 4.37. The summed E-state index contributed by atoms with van der Waals surface area (Å²) in [6, 6.07) is 12.9. The van der Waals surface area contributed by atoms with E-state index in [2.05, 4.69) is 22.2 Å². The van der Waals surface area contributed by atoms with E-state index in [1.165, 1.54) is 12.4 Å². The first-order chi connectivity index (χ1) is 11.2. The van der Waals surface area contributed by atoms with Gasteiger partial charge in [0, 0.05) is 5.39 Å². The van der Waals surface area contributed by atoms with Gasteiger partial charge in [-0.1, -0.05) is 25.1 Å². The zero-order valence-electron chi connectivity index (χ0n) is 13.1. The van der Waals surface area contributed by atoms with Crippen LogP contribution in [0.3, 0.4) is 0 Å². The van der Waals surface area contributed by atoms with E-state index in [4.69, 9.17) is 4.74 Å². The minimum Gasteiger partial charge on any atom is -0.497 e. The number of benzene rings is 2. The molecule has 0 aliphatic rings. The molecule has 4 nitrogen and oxygen atoms in total. The van der Waals surface area contributed by atoms with Crippen LogP contribution in [0.4, 0.5) is 10.2 Å². The molecule has 0 radical (unpaired) electrons. The van der Waals surface area contributed by atoms with Gasteiger partial charge in [-0.15, -0.1) is 0 Å².